The van der Waals surface area contributed by atoms with Crippen molar-refractivity contribution in [1.29, 1.82) is 0 Å². The molecule has 0 radical (unpaired) electrons. The number of amides is 1. The molecule has 0 aromatic heterocycles. The molecule has 1 unspecified atom stereocenters. The topological polar surface area (TPSA) is 35.6 Å². The van der Waals surface area contributed by atoms with Crippen LogP contribution >= 0.6 is 0 Å². The number of likely N-dealkylation sites (N-methyl/N-ethyl adjacent to an activating group) is 1. The third kappa shape index (κ3) is 4.52. The quantitative estimate of drug-likeness (QED) is 0.901. The smallest absolute Gasteiger partial charge is 0.251 e. The number of hydrogen-bond acceptors (Lipinski definition) is 3. The van der Waals surface area contributed by atoms with E-state index in [0.29, 0.717) is 24.1 Å². The molecule has 1 atom stereocenters. The van der Waals surface area contributed by atoms with Crippen molar-refractivity contribution in [3.8, 4) is 0 Å². The molecule has 1 saturated heterocycles. The fourth-order valence-electron chi connectivity index (χ4n) is 2.84. The van der Waals surface area contributed by atoms with Crippen molar-refractivity contribution in [1.82, 2.24) is 15.1 Å². The normalized spacial score (nSPS) is 18.4. The minimum Gasteiger partial charge on any atom is -0.350 e. The van der Waals surface area contributed by atoms with Crippen molar-refractivity contribution in [3.05, 3.63) is 35.6 Å². The van der Waals surface area contributed by atoms with Crippen molar-refractivity contribution in [2.24, 2.45) is 5.92 Å². The SMILES string of the molecule is CC(C)C(CNC(=O)c1ccc(F)cc1)N1CCN(C)CC1. The molecule has 1 heterocycles. The van der Waals surface area contributed by atoms with Crippen LogP contribution in [0.5, 0.6) is 0 Å². The van der Waals surface area contributed by atoms with Crippen LogP contribution in [0.25, 0.3) is 0 Å². The Morgan fingerprint density at radius 3 is 2.32 bits per heavy atom. The van der Waals surface area contributed by atoms with Gasteiger partial charge in [0, 0.05) is 44.3 Å². The first-order valence-corrected chi connectivity index (χ1v) is 7.93. The second-order valence-corrected chi connectivity index (χ2v) is 6.37. The lowest BCUT2D eigenvalue weighted by atomic mass is 10.0. The first kappa shape index (κ1) is 16.9. The molecule has 5 heteroatoms. The molecule has 0 bridgehead atoms. The fraction of sp³-hybridized carbons (Fsp3) is 0.588. The predicted octanol–water partition coefficient (Wildman–Crippen LogP) is 1.83. The number of hydrogen-bond donors (Lipinski definition) is 1. The molecule has 1 aromatic carbocycles. The number of piperazine rings is 1. The molecule has 1 fully saturated rings. The van der Waals surface area contributed by atoms with E-state index in [1.165, 1.54) is 24.3 Å². The van der Waals surface area contributed by atoms with Gasteiger partial charge in [0.05, 0.1) is 0 Å². The Morgan fingerprint density at radius 1 is 1.18 bits per heavy atom. The van der Waals surface area contributed by atoms with Gasteiger partial charge < -0.3 is 10.2 Å². The first-order valence-electron chi connectivity index (χ1n) is 7.93. The van der Waals surface area contributed by atoms with E-state index in [-0.39, 0.29) is 11.7 Å². The maximum absolute atomic E-state index is 12.9. The van der Waals surface area contributed by atoms with E-state index in [1.54, 1.807) is 0 Å². The van der Waals surface area contributed by atoms with Crippen LogP contribution in [0, 0.1) is 11.7 Å². The number of carbonyl (C=O) groups is 1. The fourth-order valence-corrected chi connectivity index (χ4v) is 2.84. The molecule has 0 aliphatic carbocycles. The van der Waals surface area contributed by atoms with Gasteiger partial charge >= 0.3 is 0 Å². The minimum absolute atomic E-state index is 0.139. The number of nitrogens with zero attached hydrogens (tertiary/aromatic N) is 2. The van der Waals surface area contributed by atoms with Crippen molar-refractivity contribution in [2.75, 3.05) is 39.8 Å². The Kier molecular flexibility index (Phi) is 5.91. The maximum Gasteiger partial charge on any atom is 0.251 e. The molecule has 1 aliphatic rings. The van der Waals surface area contributed by atoms with Crippen molar-refractivity contribution >= 4 is 5.91 Å². The van der Waals surface area contributed by atoms with Crippen molar-refractivity contribution in [3.63, 3.8) is 0 Å². The second-order valence-electron chi connectivity index (χ2n) is 6.37. The van der Waals surface area contributed by atoms with E-state index in [2.05, 4.69) is 36.0 Å². The molecule has 1 aliphatic heterocycles. The molecule has 1 amide bonds. The van der Waals surface area contributed by atoms with Gasteiger partial charge in [0.25, 0.3) is 5.91 Å². The number of carbonyl (C=O) groups excluding carboxylic acids is 1. The van der Waals surface area contributed by atoms with Crippen LogP contribution in [0.1, 0.15) is 24.2 Å². The second kappa shape index (κ2) is 7.70. The van der Waals surface area contributed by atoms with E-state index >= 15 is 0 Å². The largest absolute Gasteiger partial charge is 0.350 e. The summed E-state index contributed by atoms with van der Waals surface area (Å²) in [5.74, 6) is 0.00532. The molecule has 122 valence electrons. The molecular weight excluding hydrogens is 281 g/mol. The Morgan fingerprint density at radius 2 is 1.77 bits per heavy atom. The third-order valence-corrected chi connectivity index (χ3v) is 4.35. The van der Waals surface area contributed by atoms with E-state index in [9.17, 15) is 9.18 Å². The number of rotatable bonds is 5. The molecule has 1 aromatic rings. The number of nitrogens with one attached hydrogen (secondary N) is 1. The predicted molar refractivity (Wildman–Crippen MR) is 86.4 cm³/mol. The Balaban J connectivity index is 1.91. The number of benzene rings is 1. The first-order chi connectivity index (χ1) is 10.5. The molecule has 0 saturated carbocycles. The van der Waals surface area contributed by atoms with Crippen LogP contribution in [-0.2, 0) is 0 Å². The molecule has 2 rings (SSSR count). The van der Waals surface area contributed by atoms with Crippen LogP contribution < -0.4 is 5.32 Å². The zero-order valence-corrected chi connectivity index (χ0v) is 13.7. The Hall–Kier alpha value is -1.46. The summed E-state index contributed by atoms with van der Waals surface area (Å²) in [5.41, 5.74) is 0.502. The van der Waals surface area contributed by atoms with Crippen LogP contribution in [0.15, 0.2) is 24.3 Å². The standard InChI is InChI=1S/C17H26FN3O/c1-13(2)16(21-10-8-20(3)9-11-21)12-19-17(22)14-4-6-15(18)7-5-14/h4-7,13,16H,8-12H2,1-3H3,(H,19,22). The van der Waals surface area contributed by atoms with Crippen LogP contribution in [0.2, 0.25) is 0 Å². The van der Waals surface area contributed by atoms with Crippen LogP contribution in [-0.4, -0.2) is 61.5 Å². The Labute approximate surface area is 132 Å². The summed E-state index contributed by atoms with van der Waals surface area (Å²) in [7, 11) is 2.14. The van der Waals surface area contributed by atoms with E-state index < -0.39 is 0 Å². The van der Waals surface area contributed by atoms with Gasteiger partial charge in [-0.05, 0) is 37.2 Å². The number of halogens is 1. The molecular formula is C17H26FN3O. The van der Waals surface area contributed by atoms with Gasteiger partial charge in [-0.1, -0.05) is 13.8 Å². The highest BCUT2D eigenvalue weighted by Gasteiger charge is 2.25. The monoisotopic (exact) mass is 307 g/mol. The average molecular weight is 307 g/mol. The van der Waals surface area contributed by atoms with Crippen LogP contribution in [0.3, 0.4) is 0 Å². The van der Waals surface area contributed by atoms with Crippen molar-refractivity contribution in [2.45, 2.75) is 19.9 Å². The molecule has 0 spiro atoms. The highest BCUT2D eigenvalue weighted by molar-refractivity contribution is 5.94. The third-order valence-electron chi connectivity index (χ3n) is 4.35. The Bertz CT molecular complexity index is 481. The van der Waals surface area contributed by atoms with Crippen molar-refractivity contribution < 1.29 is 9.18 Å². The lowest BCUT2D eigenvalue weighted by molar-refractivity contribution is 0.0791. The summed E-state index contributed by atoms with van der Waals surface area (Å²) < 4.78 is 12.9. The summed E-state index contributed by atoms with van der Waals surface area (Å²) >= 11 is 0. The van der Waals surface area contributed by atoms with Gasteiger partial charge in [-0.2, -0.15) is 0 Å². The van der Waals surface area contributed by atoms with Crippen LogP contribution in [0.4, 0.5) is 4.39 Å². The lowest BCUT2D eigenvalue weighted by Gasteiger charge is -2.39. The van der Waals surface area contributed by atoms with Gasteiger partial charge in [-0.15, -0.1) is 0 Å². The highest BCUT2D eigenvalue weighted by Crippen LogP contribution is 2.13. The van der Waals surface area contributed by atoms with E-state index in [4.69, 9.17) is 0 Å². The molecule has 22 heavy (non-hydrogen) atoms. The summed E-state index contributed by atoms with van der Waals surface area (Å²) in [6, 6.07) is 6.00. The van der Waals surface area contributed by atoms with Gasteiger partial charge in [-0.3, -0.25) is 9.69 Å². The maximum atomic E-state index is 12.9. The summed E-state index contributed by atoms with van der Waals surface area (Å²) in [4.78, 5) is 16.9. The zero-order chi connectivity index (χ0) is 16.1. The zero-order valence-electron chi connectivity index (χ0n) is 13.7. The molecule has 4 nitrogen and oxygen atoms in total. The van der Waals surface area contributed by atoms with Gasteiger partial charge in [0.1, 0.15) is 5.82 Å². The van der Waals surface area contributed by atoms with Gasteiger partial charge in [0.2, 0.25) is 0 Å². The van der Waals surface area contributed by atoms with E-state index in [1.807, 2.05) is 0 Å². The molecule has 1 N–H and O–H groups in total. The van der Waals surface area contributed by atoms with Gasteiger partial charge in [0.15, 0.2) is 0 Å². The van der Waals surface area contributed by atoms with Gasteiger partial charge in [-0.25, -0.2) is 4.39 Å². The summed E-state index contributed by atoms with van der Waals surface area (Å²) in [6.07, 6.45) is 0. The summed E-state index contributed by atoms with van der Waals surface area (Å²) in [6.45, 7) is 9.19. The summed E-state index contributed by atoms with van der Waals surface area (Å²) in [5, 5.41) is 2.99. The minimum atomic E-state index is -0.325. The van der Waals surface area contributed by atoms with E-state index in [0.717, 1.165) is 26.2 Å². The average Bonchev–Trinajstić information content (AvgIpc) is 2.49. The highest BCUT2D eigenvalue weighted by atomic mass is 19.1. The lowest BCUT2D eigenvalue weighted by Crippen LogP contribution is -2.54.